The molecule has 1 amide bonds. The smallest absolute Gasteiger partial charge is 0.289 e. The van der Waals surface area contributed by atoms with E-state index in [-0.39, 0.29) is 11.4 Å². The summed E-state index contributed by atoms with van der Waals surface area (Å²) in [6.45, 7) is 8.66. The summed E-state index contributed by atoms with van der Waals surface area (Å²) in [5, 5.41) is 0. The molecule has 2 aliphatic heterocycles. The number of likely N-dealkylation sites (tertiary alicyclic amines) is 1. The van der Waals surface area contributed by atoms with Gasteiger partial charge in [0.2, 0.25) is 0 Å². The van der Waals surface area contributed by atoms with Gasteiger partial charge in [0.1, 0.15) is 11.3 Å². The molecule has 1 spiro atoms. The van der Waals surface area contributed by atoms with Crippen LogP contribution >= 0.6 is 0 Å². The largest absolute Gasteiger partial charge is 0.456 e. The van der Waals surface area contributed by atoms with E-state index in [1.165, 1.54) is 5.69 Å². The zero-order chi connectivity index (χ0) is 20.9. The second-order valence-corrected chi connectivity index (χ2v) is 8.86. The van der Waals surface area contributed by atoms with Crippen LogP contribution in [0.5, 0.6) is 0 Å². The first-order chi connectivity index (χ1) is 14.5. The van der Waals surface area contributed by atoms with Gasteiger partial charge < -0.3 is 18.8 Å². The van der Waals surface area contributed by atoms with E-state index in [4.69, 9.17) is 9.40 Å². The highest BCUT2D eigenvalue weighted by Gasteiger charge is 2.51. The lowest BCUT2D eigenvalue weighted by Crippen LogP contribution is -2.53. The predicted octanol–water partition coefficient (Wildman–Crippen LogP) is 4.38. The van der Waals surface area contributed by atoms with Gasteiger partial charge in [-0.15, -0.1) is 0 Å². The van der Waals surface area contributed by atoms with Crippen LogP contribution in [0.2, 0.25) is 0 Å². The summed E-state index contributed by atoms with van der Waals surface area (Å²) in [6.07, 6.45) is 5.91. The number of pyridine rings is 1. The lowest BCUT2D eigenvalue weighted by atomic mass is 9.88. The first kappa shape index (κ1) is 19.0. The van der Waals surface area contributed by atoms with Crippen molar-refractivity contribution in [2.75, 3.05) is 24.5 Å². The van der Waals surface area contributed by atoms with Crippen molar-refractivity contribution >= 4 is 11.6 Å². The molecule has 5 rings (SSSR count). The second-order valence-electron chi connectivity index (χ2n) is 8.86. The number of aromatic nitrogens is 2. The molecule has 30 heavy (non-hydrogen) atoms. The number of amides is 1. The number of hydrogen-bond donors (Lipinski definition) is 0. The third-order valence-electron chi connectivity index (χ3n) is 6.44. The van der Waals surface area contributed by atoms with Gasteiger partial charge in [0.05, 0.1) is 17.9 Å². The molecule has 1 atom stereocenters. The average Bonchev–Trinajstić information content (AvgIpc) is 3.47. The van der Waals surface area contributed by atoms with E-state index < -0.39 is 0 Å². The minimum Gasteiger partial charge on any atom is -0.456 e. The Morgan fingerprint density at radius 2 is 2.10 bits per heavy atom. The molecule has 0 N–H and O–H groups in total. The maximum absolute atomic E-state index is 13.1. The molecule has 0 bridgehead atoms. The number of carbonyl (C=O) groups excluding carboxylic acids is 1. The lowest BCUT2D eigenvalue weighted by Gasteiger charge is -2.47. The highest BCUT2D eigenvalue weighted by atomic mass is 16.3. The first-order valence-electron chi connectivity index (χ1n) is 10.8. The summed E-state index contributed by atoms with van der Waals surface area (Å²) in [5.41, 5.74) is 2.10. The standard InChI is InChI=1S/C24H28N4O2/c1-17(2)10-14-28-19-6-4-12-25-22(19)27-13-5-7-21(27)24(28)11-15-26(16-24)23(29)20-9-8-18(3)30-20/h4-9,12-13,17H,10-11,14-16H2,1-3H3. The number of furan rings is 1. The van der Waals surface area contributed by atoms with Crippen molar-refractivity contribution in [2.45, 2.75) is 39.2 Å². The van der Waals surface area contributed by atoms with Gasteiger partial charge >= 0.3 is 0 Å². The molecule has 1 unspecified atom stereocenters. The quantitative estimate of drug-likeness (QED) is 0.648. The molecule has 3 aromatic heterocycles. The number of anilines is 1. The van der Waals surface area contributed by atoms with Crippen LogP contribution in [-0.2, 0) is 5.54 Å². The van der Waals surface area contributed by atoms with Crippen LogP contribution in [0.1, 0.15) is 48.7 Å². The van der Waals surface area contributed by atoms with Gasteiger partial charge in [-0.2, -0.15) is 0 Å². The molecule has 1 fully saturated rings. The van der Waals surface area contributed by atoms with Crippen molar-refractivity contribution in [3.8, 4) is 5.82 Å². The molecular formula is C24H28N4O2. The van der Waals surface area contributed by atoms with Crippen LogP contribution in [-0.4, -0.2) is 40.0 Å². The van der Waals surface area contributed by atoms with E-state index in [1.807, 2.05) is 30.2 Å². The van der Waals surface area contributed by atoms with Crippen LogP contribution in [0.15, 0.2) is 53.2 Å². The Balaban J connectivity index is 1.56. The summed E-state index contributed by atoms with van der Waals surface area (Å²) in [4.78, 5) is 22.3. The van der Waals surface area contributed by atoms with Crippen molar-refractivity contribution in [3.63, 3.8) is 0 Å². The Labute approximate surface area is 177 Å². The first-order valence-corrected chi connectivity index (χ1v) is 10.8. The second kappa shape index (κ2) is 7.04. The van der Waals surface area contributed by atoms with Crippen molar-refractivity contribution in [1.82, 2.24) is 14.5 Å². The minimum atomic E-state index is -0.258. The Morgan fingerprint density at radius 1 is 1.23 bits per heavy atom. The predicted molar refractivity (Wildman–Crippen MR) is 116 cm³/mol. The fourth-order valence-electron chi connectivity index (χ4n) is 4.92. The third kappa shape index (κ3) is 2.85. The normalized spacial score (nSPS) is 20.1. The van der Waals surface area contributed by atoms with Crippen molar-refractivity contribution in [2.24, 2.45) is 5.92 Å². The summed E-state index contributed by atoms with van der Waals surface area (Å²) in [6, 6.07) is 12.1. The van der Waals surface area contributed by atoms with Crippen LogP contribution in [0.4, 0.5) is 5.69 Å². The Hall–Kier alpha value is -3.02. The minimum absolute atomic E-state index is 0.0288. The van der Waals surface area contributed by atoms with Gasteiger partial charge in [-0.05, 0) is 62.1 Å². The molecule has 6 nitrogen and oxygen atoms in total. The average molecular weight is 405 g/mol. The fraction of sp³-hybridized carbons (Fsp3) is 0.417. The Morgan fingerprint density at radius 3 is 2.87 bits per heavy atom. The number of carbonyl (C=O) groups is 1. The summed E-state index contributed by atoms with van der Waals surface area (Å²) >= 11 is 0. The summed E-state index contributed by atoms with van der Waals surface area (Å²) < 4.78 is 7.83. The number of hydrogen-bond acceptors (Lipinski definition) is 4. The Kier molecular flexibility index (Phi) is 4.45. The molecule has 0 aromatic carbocycles. The molecule has 0 saturated carbocycles. The van der Waals surface area contributed by atoms with Gasteiger partial charge in [-0.25, -0.2) is 4.98 Å². The van der Waals surface area contributed by atoms with E-state index >= 15 is 0 Å². The van der Waals surface area contributed by atoms with Gasteiger partial charge in [0, 0.05) is 25.5 Å². The van der Waals surface area contributed by atoms with Crippen LogP contribution in [0.25, 0.3) is 5.82 Å². The molecule has 5 heterocycles. The topological polar surface area (TPSA) is 54.5 Å². The molecule has 2 aliphatic rings. The molecule has 0 radical (unpaired) electrons. The SMILES string of the molecule is Cc1ccc(C(=O)N2CCC3(C2)c2cccn2-c2ncccc2N3CCC(C)C)o1. The number of rotatable bonds is 4. The third-order valence-corrected chi connectivity index (χ3v) is 6.44. The van der Waals surface area contributed by atoms with Gasteiger partial charge in [-0.3, -0.25) is 4.79 Å². The number of aryl methyl sites for hydroxylation is 1. The number of fused-ring (bicyclic) bond motifs is 4. The van der Waals surface area contributed by atoms with Crippen LogP contribution < -0.4 is 4.90 Å². The van der Waals surface area contributed by atoms with Gasteiger partial charge in [-0.1, -0.05) is 13.8 Å². The highest BCUT2D eigenvalue weighted by molar-refractivity contribution is 5.92. The highest BCUT2D eigenvalue weighted by Crippen LogP contribution is 2.47. The maximum Gasteiger partial charge on any atom is 0.289 e. The van der Waals surface area contributed by atoms with Gasteiger partial charge in [0.25, 0.3) is 5.91 Å². The summed E-state index contributed by atoms with van der Waals surface area (Å²) in [7, 11) is 0. The zero-order valence-corrected chi connectivity index (χ0v) is 17.8. The Bertz CT molecular complexity index is 1080. The molecule has 6 heteroatoms. The van der Waals surface area contributed by atoms with Crippen LogP contribution in [0.3, 0.4) is 0 Å². The zero-order valence-electron chi connectivity index (χ0n) is 17.8. The van der Waals surface area contributed by atoms with Gasteiger partial charge in [0.15, 0.2) is 11.6 Å². The van der Waals surface area contributed by atoms with Crippen molar-refractivity contribution < 1.29 is 9.21 Å². The molecule has 3 aromatic rings. The van der Waals surface area contributed by atoms with E-state index in [1.54, 1.807) is 6.07 Å². The van der Waals surface area contributed by atoms with Crippen molar-refractivity contribution in [1.29, 1.82) is 0 Å². The monoisotopic (exact) mass is 404 g/mol. The summed E-state index contributed by atoms with van der Waals surface area (Å²) in [5.74, 6) is 2.72. The maximum atomic E-state index is 13.1. The molecule has 156 valence electrons. The molecule has 0 aliphatic carbocycles. The molecular weight excluding hydrogens is 376 g/mol. The van der Waals surface area contributed by atoms with Crippen molar-refractivity contribution in [3.05, 3.63) is 66.0 Å². The van der Waals surface area contributed by atoms with E-state index in [2.05, 4.69) is 47.7 Å². The van der Waals surface area contributed by atoms with E-state index in [9.17, 15) is 4.79 Å². The molecule has 1 saturated heterocycles. The fourth-order valence-corrected chi connectivity index (χ4v) is 4.92. The van der Waals surface area contributed by atoms with E-state index in [0.717, 1.165) is 36.7 Å². The van der Waals surface area contributed by atoms with E-state index in [0.29, 0.717) is 24.8 Å². The lowest BCUT2D eigenvalue weighted by molar-refractivity contribution is 0.0749. The van der Waals surface area contributed by atoms with Crippen LogP contribution in [0, 0.1) is 12.8 Å². The number of nitrogens with zero attached hydrogens (tertiary/aromatic N) is 4.